The monoisotopic (exact) mass is 470 g/mol. The molecule has 1 aliphatic heterocycles. The van der Waals surface area contributed by atoms with Gasteiger partial charge in [0.1, 0.15) is 0 Å². The highest BCUT2D eigenvalue weighted by molar-refractivity contribution is 6.08. The molecule has 2 aromatic carbocycles. The topological polar surface area (TPSA) is 59.0 Å². The SMILES string of the molecule is O=C(CCC1CCCC1)OCC(=O)N1N=C2C(=Cc3ccccc3)CCCC2C1c1ccccc1. The van der Waals surface area contributed by atoms with Crippen molar-refractivity contribution in [3.05, 3.63) is 77.4 Å². The summed E-state index contributed by atoms with van der Waals surface area (Å²) >= 11 is 0. The largest absolute Gasteiger partial charge is 0.455 e. The van der Waals surface area contributed by atoms with E-state index < -0.39 is 0 Å². The summed E-state index contributed by atoms with van der Waals surface area (Å²) in [6.45, 7) is -0.256. The predicted molar refractivity (Wildman–Crippen MR) is 137 cm³/mol. The van der Waals surface area contributed by atoms with Gasteiger partial charge in [0.25, 0.3) is 5.91 Å². The Labute approximate surface area is 207 Å². The van der Waals surface area contributed by atoms with Gasteiger partial charge in [-0.05, 0) is 54.4 Å². The molecule has 2 saturated carbocycles. The number of fused-ring (bicyclic) bond motifs is 1. The maximum Gasteiger partial charge on any atom is 0.306 e. The van der Waals surface area contributed by atoms with Crippen LogP contribution in [0.15, 0.2) is 71.3 Å². The zero-order chi connectivity index (χ0) is 24.0. The number of benzene rings is 2. The van der Waals surface area contributed by atoms with Gasteiger partial charge in [0, 0.05) is 12.3 Å². The van der Waals surface area contributed by atoms with Crippen molar-refractivity contribution in [2.45, 2.75) is 63.8 Å². The molecule has 5 rings (SSSR count). The summed E-state index contributed by atoms with van der Waals surface area (Å²) in [5, 5.41) is 6.46. The van der Waals surface area contributed by atoms with Crippen molar-refractivity contribution in [1.82, 2.24) is 5.01 Å². The minimum Gasteiger partial charge on any atom is -0.455 e. The van der Waals surface area contributed by atoms with E-state index >= 15 is 0 Å². The highest BCUT2D eigenvalue weighted by atomic mass is 16.5. The van der Waals surface area contributed by atoms with Crippen LogP contribution in [0.2, 0.25) is 0 Å². The lowest BCUT2D eigenvalue weighted by Gasteiger charge is -2.29. The lowest BCUT2D eigenvalue weighted by molar-refractivity contribution is -0.153. The second-order valence-corrected chi connectivity index (χ2v) is 10.0. The molecule has 2 aromatic rings. The lowest BCUT2D eigenvalue weighted by atomic mass is 9.77. The van der Waals surface area contributed by atoms with Crippen LogP contribution < -0.4 is 0 Å². The molecule has 182 valence electrons. The first-order valence-electron chi connectivity index (χ1n) is 13.1. The molecule has 1 amide bonds. The molecular weight excluding hydrogens is 436 g/mol. The van der Waals surface area contributed by atoms with Crippen molar-refractivity contribution >= 4 is 23.7 Å². The Hall–Kier alpha value is -3.21. The molecule has 5 heteroatoms. The molecule has 0 aromatic heterocycles. The number of esters is 1. The number of hydrazone groups is 1. The fraction of sp³-hybridized carbons (Fsp3) is 0.433. The van der Waals surface area contributed by atoms with Crippen LogP contribution in [0.1, 0.15) is 75.0 Å². The summed E-state index contributed by atoms with van der Waals surface area (Å²) in [5.41, 5.74) is 4.40. The molecule has 2 atom stereocenters. The van der Waals surface area contributed by atoms with Crippen molar-refractivity contribution in [2.24, 2.45) is 16.9 Å². The van der Waals surface area contributed by atoms with Crippen LogP contribution in [0.4, 0.5) is 0 Å². The zero-order valence-electron chi connectivity index (χ0n) is 20.3. The van der Waals surface area contributed by atoms with Crippen LogP contribution in [-0.4, -0.2) is 29.2 Å². The standard InChI is InChI=1S/C30H34N2O3/c33-27(21-35-28(34)19-18-22-10-7-8-11-22)32-30(24-14-5-2-6-15-24)26-17-9-16-25(29(26)31-32)20-23-12-3-1-4-13-23/h1-6,12-15,20,22,26,30H,7-11,16-19,21H2. The van der Waals surface area contributed by atoms with Gasteiger partial charge >= 0.3 is 5.97 Å². The molecule has 2 aliphatic carbocycles. The van der Waals surface area contributed by atoms with Crippen molar-refractivity contribution in [3.8, 4) is 0 Å². The van der Waals surface area contributed by atoms with Crippen LogP contribution in [0.3, 0.4) is 0 Å². The molecule has 0 saturated heterocycles. The van der Waals surface area contributed by atoms with Gasteiger partial charge in [0.15, 0.2) is 6.61 Å². The van der Waals surface area contributed by atoms with E-state index in [1.807, 2.05) is 36.4 Å². The van der Waals surface area contributed by atoms with Crippen molar-refractivity contribution in [3.63, 3.8) is 0 Å². The zero-order valence-corrected chi connectivity index (χ0v) is 20.3. The minimum atomic E-state index is -0.282. The molecule has 3 aliphatic rings. The van der Waals surface area contributed by atoms with Crippen molar-refractivity contribution in [2.75, 3.05) is 6.61 Å². The number of allylic oxidation sites excluding steroid dienone is 1. The Bertz CT molecular complexity index is 1090. The number of rotatable bonds is 7. The van der Waals surface area contributed by atoms with Gasteiger partial charge in [-0.15, -0.1) is 0 Å². The van der Waals surface area contributed by atoms with Gasteiger partial charge in [0.2, 0.25) is 0 Å². The smallest absolute Gasteiger partial charge is 0.306 e. The van der Waals surface area contributed by atoms with E-state index in [0.29, 0.717) is 12.3 Å². The minimum absolute atomic E-state index is 0.142. The number of hydrogen-bond donors (Lipinski definition) is 0. The number of carbonyl (C=O) groups excluding carboxylic acids is 2. The van der Waals surface area contributed by atoms with E-state index in [4.69, 9.17) is 9.84 Å². The predicted octanol–water partition coefficient (Wildman–Crippen LogP) is 6.32. The Balaban J connectivity index is 1.33. The highest BCUT2D eigenvalue weighted by Gasteiger charge is 2.43. The molecule has 2 unspecified atom stereocenters. The van der Waals surface area contributed by atoms with Gasteiger partial charge in [-0.2, -0.15) is 5.10 Å². The number of ether oxygens (including phenoxy) is 1. The molecule has 0 N–H and O–H groups in total. The van der Waals surface area contributed by atoms with Crippen molar-refractivity contribution < 1.29 is 14.3 Å². The molecular formula is C30H34N2O3. The number of carbonyl (C=O) groups is 2. The van der Waals surface area contributed by atoms with Gasteiger partial charge in [-0.25, -0.2) is 5.01 Å². The van der Waals surface area contributed by atoms with Crippen molar-refractivity contribution in [1.29, 1.82) is 0 Å². The average Bonchev–Trinajstić information content (AvgIpc) is 3.56. The summed E-state index contributed by atoms with van der Waals surface area (Å²) in [4.78, 5) is 25.7. The van der Waals surface area contributed by atoms with E-state index in [1.165, 1.54) is 31.3 Å². The number of nitrogens with zero attached hydrogens (tertiary/aromatic N) is 2. The van der Waals surface area contributed by atoms with Crippen LogP contribution >= 0.6 is 0 Å². The molecule has 5 nitrogen and oxygen atoms in total. The summed E-state index contributed by atoms with van der Waals surface area (Å²) < 4.78 is 5.42. The van der Waals surface area contributed by atoms with Gasteiger partial charge in [-0.1, -0.05) is 86.3 Å². The van der Waals surface area contributed by atoms with E-state index in [1.54, 1.807) is 5.01 Å². The molecule has 35 heavy (non-hydrogen) atoms. The number of hydrogen-bond acceptors (Lipinski definition) is 4. The van der Waals surface area contributed by atoms with E-state index in [-0.39, 0.29) is 30.4 Å². The van der Waals surface area contributed by atoms with Crippen LogP contribution in [0, 0.1) is 11.8 Å². The van der Waals surface area contributed by atoms with Crippen LogP contribution in [-0.2, 0) is 14.3 Å². The highest BCUT2D eigenvalue weighted by Crippen LogP contribution is 2.44. The fourth-order valence-electron chi connectivity index (χ4n) is 5.84. The van der Waals surface area contributed by atoms with Crippen LogP contribution in [0.5, 0.6) is 0 Å². The van der Waals surface area contributed by atoms with E-state index in [9.17, 15) is 9.59 Å². The fourth-order valence-corrected chi connectivity index (χ4v) is 5.84. The summed E-state index contributed by atoms with van der Waals surface area (Å²) in [6, 6.07) is 20.2. The van der Waals surface area contributed by atoms with E-state index in [2.05, 4.69) is 30.3 Å². The average molecular weight is 471 g/mol. The number of amides is 1. The summed E-state index contributed by atoms with van der Waals surface area (Å²) in [7, 11) is 0. The van der Waals surface area contributed by atoms with Gasteiger partial charge < -0.3 is 4.74 Å². The molecule has 2 fully saturated rings. The Morgan fingerprint density at radius 1 is 0.943 bits per heavy atom. The van der Waals surface area contributed by atoms with Gasteiger partial charge in [-0.3, -0.25) is 9.59 Å². The lowest BCUT2D eigenvalue weighted by Crippen LogP contribution is -2.34. The molecule has 1 heterocycles. The third-order valence-electron chi connectivity index (χ3n) is 7.63. The summed E-state index contributed by atoms with van der Waals surface area (Å²) in [5.74, 6) is 0.233. The Morgan fingerprint density at radius 2 is 1.66 bits per heavy atom. The van der Waals surface area contributed by atoms with Gasteiger partial charge in [0.05, 0.1) is 11.8 Å². The second kappa shape index (κ2) is 11.0. The Kier molecular flexibility index (Phi) is 7.41. The first-order chi connectivity index (χ1) is 17.2. The summed E-state index contributed by atoms with van der Waals surface area (Å²) in [6.07, 6.45) is 11.4. The Morgan fingerprint density at radius 3 is 2.40 bits per heavy atom. The molecule has 0 bridgehead atoms. The first kappa shape index (κ1) is 23.5. The molecule has 0 spiro atoms. The third kappa shape index (κ3) is 5.55. The quantitative estimate of drug-likeness (QED) is 0.445. The second-order valence-electron chi connectivity index (χ2n) is 10.0. The first-order valence-corrected chi connectivity index (χ1v) is 13.1. The molecule has 0 radical (unpaired) electrons. The normalized spacial score (nSPS) is 23.3. The maximum atomic E-state index is 13.3. The third-order valence-corrected chi connectivity index (χ3v) is 7.63. The van der Waals surface area contributed by atoms with E-state index in [0.717, 1.165) is 42.5 Å². The van der Waals surface area contributed by atoms with Crippen LogP contribution in [0.25, 0.3) is 6.08 Å². The maximum absolute atomic E-state index is 13.3.